The van der Waals surface area contributed by atoms with Crippen molar-refractivity contribution < 1.29 is 0 Å². The van der Waals surface area contributed by atoms with Crippen molar-refractivity contribution in [3.05, 3.63) is 150 Å². The van der Waals surface area contributed by atoms with Crippen molar-refractivity contribution in [2.24, 2.45) is 5.73 Å². The summed E-state index contributed by atoms with van der Waals surface area (Å²) in [6.07, 6.45) is 5.94. The molecule has 1 aromatic heterocycles. The topological polar surface area (TPSA) is 43.8 Å². The van der Waals surface area contributed by atoms with Crippen LogP contribution in [0.15, 0.2) is 128 Å². The summed E-state index contributed by atoms with van der Waals surface area (Å²) in [5.41, 5.74) is 12.3. The molecule has 2 N–H and O–H groups in total. The van der Waals surface area contributed by atoms with E-state index in [2.05, 4.69) is 126 Å². The number of aryl methyl sites for hydroxylation is 1. The third-order valence-corrected chi connectivity index (χ3v) is 6.45. The van der Waals surface area contributed by atoms with E-state index in [0.717, 1.165) is 18.5 Å². The van der Waals surface area contributed by atoms with Gasteiger partial charge in [-0.1, -0.05) is 115 Å². The summed E-state index contributed by atoms with van der Waals surface area (Å²) in [4.78, 5) is 4.77. The third kappa shape index (κ3) is 4.07. The molecule has 0 aliphatic heterocycles. The number of imidazole rings is 1. The molecule has 0 amide bonds. The Bertz CT molecular complexity index is 1270. The summed E-state index contributed by atoms with van der Waals surface area (Å²) < 4.78 is 2.26. The van der Waals surface area contributed by atoms with Crippen LogP contribution in [0.1, 0.15) is 28.8 Å². The molecule has 5 aromatic rings. The van der Waals surface area contributed by atoms with E-state index >= 15 is 0 Å². The van der Waals surface area contributed by atoms with Crippen LogP contribution in [0, 0.1) is 0 Å². The monoisotopic (exact) mass is 443 g/mol. The van der Waals surface area contributed by atoms with Crippen LogP contribution in [0.2, 0.25) is 0 Å². The van der Waals surface area contributed by atoms with Crippen molar-refractivity contribution in [1.29, 1.82) is 0 Å². The van der Waals surface area contributed by atoms with Gasteiger partial charge in [0.25, 0.3) is 0 Å². The largest absolute Gasteiger partial charge is 0.330 e. The minimum atomic E-state index is -0.550. The van der Waals surface area contributed by atoms with Gasteiger partial charge >= 0.3 is 0 Å². The van der Waals surface area contributed by atoms with Crippen molar-refractivity contribution >= 4 is 0 Å². The molecular formula is C31H29N3. The Hall–Kier alpha value is -3.95. The molecule has 0 atom stereocenters. The predicted molar refractivity (Wildman–Crippen MR) is 140 cm³/mol. The quantitative estimate of drug-likeness (QED) is 0.287. The van der Waals surface area contributed by atoms with E-state index in [9.17, 15) is 0 Å². The van der Waals surface area contributed by atoms with Crippen LogP contribution in [0.25, 0.3) is 11.1 Å². The molecule has 0 fully saturated rings. The fraction of sp³-hybridized carbons (Fsp3) is 0.129. The molecule has 0 radical (unpaired) electrons. The second kappa shape index (κ2) is 9.90. The molecule has 0 aliphatic carbocycles. The summed E-state index contributed by atoms with van der Waals surface area (Å²) in [7, 11) is 0. The lowest BCUT2D eigenvalue weighted by molar-refractivity contribution is 0.514. The molecule has 0 aliphatic rings. The molecule has 1 heterocycles. The summed E-state index contributed by atoms with van der Waals surface area (Å²) in [6, 6.07) is 40.8. The van der Waals surface area contributed by atoms with Gasteiger partial charge in [-0.3, -0.25) is 0 Å². The van der Waals surface area contributed by atoms with Crippen LogP contribution in [0.3, 0.4) is 0 Å². The van der Waals surface area contributed by atoms with Crippen molar-refractivity contribution in [3.63, 3.8) is 0 Å². The van der Waals surface area contributed by atoms with Gasteiger partial charge in [-0.2, -0.15) is 0 Å². The number of nitrogens with two attached hydrogens (primary N) is 1. The molecule has 5 rings (SSSR count). The van der Waals surface area contributed by atoms with Gasteiger partial charge in [-0.15, -0.1) is 0 Å². The molecule has 3 heteroatoms. The Morgan fingerprint density at radius 3 is 1.68 bits per heavy atom. The Morgan fingerprint density at radius 1 is 0.618 bits per heavy atom. The van der Waals surface area contributed by atoms with Gasteiger partial charge in [0.2, 0.25) is 0 Å². The lowest BCUT2D eigenvalue weighted by Gasteiger charge is -2.37. The summed E-state index contributed by atoms with van der Waals surface area (Å²) in [6.45, 7) is 0.663. The molecule has 3 nitrogen and oxygen atoms in total. The van der Waals surface area contributed by atoms with E-state index in [4.69, 9.17) is 10.7 Å². The van der Waals surface area contributed by atoms with Crippen molar-refractivity contribution in [1.82, 2.24) is 9.55 Å². The minimum absolute atomic E-state index is 0.550. The first-order valence-electron chi connectivity index (χ1n) is 11.8. The maximum atomic E-state index is 5.77. The SMILES string of the molecule is NCCCc1cn(C(c2ccccc2)(c2ccccc2)c2ccc(-c3ccccc3)cc2)cn1. The van der Waals surface area contributed by atoms with Gasteiger partial charge in [-0.05, 0) is 47.2 Å². The molecular weight excluding hydrogens is 414 g/mol. The van der Waals surface area contributed by atoms with Crippen LogP contribution in [-0.4, -0.2) is 16.1 Å². The fourth-order valence-corrected chi connectivity index (χ4v) is 4.80. The molecule has 0 saturated carbocycles. The smallest absolute Gasteiger partial charge is 0.121 e. The van der Waals surface area contributed by atoms with Crippen LogP contribution in [0.4, 0.5) is 0 Å². The van der Waals surface area contributed by atoms with E-state index in [-0.39, 0.29) is 0 Å². The standard InChI is InChI=1S/C31H29N3/c32-22-10-17-30-23-34(24-33-30)31(27-13-6-2-7-14-27,28-15-8-3-9-16-28)29-20-18-26(19-21-29)25-11-4-1-5-12-25/h1-9,11-16,18-21,23-24H,10,17,22,32H2. The average Bonchev–Trinajstić information content (AvgIpc) is 3.39. The fourth-order valence-electron chi connectivity index (χ4n) is 4.80. The van der Waals surface area contributed by atoms with Crippen molar-refractivity contribution in [2.45, 2.75) is 18.4 Å². The average molecular weight is 444 g/mol. The number of benzene rings is 4. The minimum Gasteiger partial charge on any atom is -0.330 e. The molecule has 0 saturated heterocycles. The zero-order valence-electron chi connectivity index (χ0n) is 19.2. The number of nitrogens with zero attached hydrogens (tertiary/aromatic N) is 2. The summed E-state index contributed by atoms with van der Waals surface area (Å²) in [5, 5.41) is 0. The van der Waals surface area contributed by atoms with Gasteiger partial charge in [0.15, 0.2) is 0 Å². The Balaban J connectivity index is 1.73. The molecule has 168 valence electrons. The van der Waals surface area contributed by atoms with E-state index in [1.807, 2.05) is 6.33 Å². The van der Waals surface area contributed by atoms with E-state index in [0.29, 0.717) is 6.54 Å². The Morgan fingerprint density at radius 2 is 1.12 bits per heavy atom. The number of hydrogen-bond acceptors (Lipinski definition) is 2. The lowest BCUT2D eigenvalue weighted by Crippen LogP contribution is -2.37. The highest BCUT2D eigenvalue weighted by atomic mass is 15.1. The Labute approximate surface area is 201 Å². The highest BCUT2D eigenvalue weighted by molar-refractivity contribution is 5.64. The molecule has 4 aromatic carbocycles. The van der Waals surface area contributed by atoms with Crippen molar-refractivity contribution in [2.75, 3.05) is 6.54 Å². The normalized spacial score (nSPS) is 11.4. The predicted octanol–water partition coefficient (Wildman–Crippen LogP) is 6.28. The maximum Gasteiger partial charge on any atom is 0.121 e. The van der Waals surface area contributed by atoms with Crippen LogP contribution in [0.5, 0.6) is 0 Å². The van der Waals surface area contributed by atoms with Crippen LogP contribution in [-0.2, 0) is 12.0 Å². The van der Waals surface area contributed by atoms with Gasteiger partial charge in [0, 0.05) is 6.20 Å². The van der Waals surface area contributed by atoms with Gasteiger partial charge in [-0.25, -0.2) is 4.98 Å². The molecule has 0 bridgehead atoms. The summed E-state index contributed by atoms with van der Waals surface area (Å²) in [5.74, 6) is 0. The highest BCUT2D eigenvalue weighted by Crippen LogP contribution is 2.41. The van der Waals surface area contributed by atoms with E-state index in [1.54, 1.807) is 0 Å². The highest BCUT2D eigenvalue weighted by Gasteiger charge is 2.38. The number of aromatic nitrogens is 2. The maximum absolute atomic E-state index is 5.77. The molecule has 34 heavy (non-hydrogen) atoms. The summed E-state index contributed by atoms with van der Waals surface area (Å²) >= 11 is 0. The zero-order valence-corrected chi connectivity index (χ0v) is 19.2. The van der Waals surface area contributed by atoms with Crippen molar-refractivity contribution in [3.8, 4) is 11.1 Å². The zero-order chi connectivity index (χ0) is 23.2. The van der Waals surface area contributed by atoms with E-state index in [1.165, 1.54) is 27.8 Å². The first-order valence-corrected chi connectivity index (χ1v) is 11.8. The second-order valence-corrected chi connectivity index (χ2v) is 8.55. The molecule has 0 spiro atoms. The number of hydrogen-bond donors (Lipinski definition) is 1. The second-order valence-electron chi connectivity index (χ2n) is 8.55. The third-order valence-electron chi connectivity index (χ3n) is 6.45. The lowest BCUT2D eigenvalue weighted by atomic mass is 9.76. The van der Waals surface area contributed by atoms with Crippen LogP contribution < -0.4 is 5.73 Å². The van der Waals surface area contributed by atoms with Gasteiger partial charge in [0.05, 0.1) is 12.0 Å². The van der Waals surface area contributed by atoms with E-state index < -0.39 is 5.54 Å². The first-order chi connectivity index (χ1) is 16.8. The van der Waals surface area contributed by atoms with Gasteiger partial charge in [0.1, 0.15) is 5.54 Å². The first kappa shape index (κ1) is 21.9. The molecule has 0 unspecified atom stereocenters. The van der Waals surface area contributed by atoms with Gasteiger partial charge < -0.3 is 10.3 Å². The Kier molecular flexibility index (Phi) is 6.37. The van der Waals surface area contributed by atoms with Crippen LogP contribution >= 0.6 is 0 Å². The number of rotatable bonds is 8.